The Labute approximate surface area is 140 Å². The van der Waals surface area contributed by atoms with Gasteiger partial charge in [-0.25, -0.2) is 4.79 Å². The number of carbonyl (C=O) groups excluding carboxylic acids is 2. The number of thiophene rings is 1. The van der Waals surface area contributed by atoms with Crippen molar-refractivity contribution in [1.29, 1.82) is 0 Å². The number of carbonyl (C=O) groups is 2. The van der Waals surface area contributed by atoms with Crippen LogP contribution in [0.1, 0.15) is 42.9 Å². The molecule has 2 rings (SSSR count). The molecule has 0 radical (unpaired) electrons. The Kier molecular flexibility index (Phi) is 5.21. The lowest BCUT2D eigenvalue weighted by molar-refractivity contribution is -0.123. The number of benzene rings is 1. The second kappa shape index (κ2) is 6.96. The fourth-order valence-corrected chi connectivity index (χ4v) is 2.57. The summed E-state index contributed by atoms with van der Waals surface area (Å²) in [6, 6.07) is 11.1. The number of rotatable bonds is 4. The van der Waals surface area contributed by atoms with Crippen molar-refractivity contribution in [2.75, 3.05) is 5.32 Å². The first-order chi connectivity index (χ1) is 10.8. The standard InChI is InChI=1S/C18H21NO3S/c1-12(22-17(21)15-6-5-11-23-15)16(20)19-14-9-7-13(8-10-14)18(2,3)4/h5-12H,1-4H3,(H,19,20). The maximum Gasteiger partial charge on any atom is 0.349 e. The number of anilines is 1. The molecule has 1 aromatic heterocycles. The van der Waals surface area contributed by atoms with Crippen LogP contribution in [0.25, 0.3) is 0 Å². The van der Waals surface area contributed by atoms with Gasteiger partial charge in [0.1, 0.15) is 4.88 Å². The summed E-state index contributed by atoms with van der Waals surface area (Å²) in [5.74, 6) is -0.829. The molecule has 1 unspecified atom stereocenters. The molecular weight excluding hydrogens is 310 g/mol. The van der Waals surface area contributed by atoms with Gasteiger partial charge in [0.2, 0.25) is 0 Å². The molecule has 0 spiro atoms. The van der Waals surface area contributed by atoms with Crippen LogP contribution in [0.4, 0.5) is 5.69 Å². The van der Waals surface area contributed by atoms with Crippen LogP contribution in [0, 0.1) is 0 Å². The van der Waals surface area contributed by atoms with E-state index < -0.39 is 12.1 Å². The second-order valence-electron chi connectivity index (χ2n) is 6.34. The van der Waals surface area contributed by atoms with E-state index in [1.807, 2.05) is 24.3 Å². The largest absolute Gasteiger partial charge is 0.448 e. The van der Waals surface area contributed by atoms with Crippen molar-refractivity contribution in [3.63, 3.8) is 0 Å². The molecule has 1 amide bonds. The molecule has 122 valence electrons. The van der Waals surface area contributed by atoms with Crippen LogP contribution in [0.3, 0.4) is 0 Å². The molecule has 0 bridgehead atoms. The summed E-state index contributed by atoms with van der Waals surface area (Å²) >= 11 is 1.29. The molecule has 1 N–H and O–H groups in total. The lowest BCUT2D eigenvalue weighted by Gasteiger charge is -2.19. The molecule has 4 nitrogen and oxygen atoms in total. The van der Waals surface area contributed by atoms with Crippen LogP contribution < -0.4 is 5.32 Å². The molecule has 1 atom stereocenters. The predicted octanol–water partition coefficient (Wildman–Crippen LogP) is 4.23. The Balaban J connectivity index is 1.94. The number of hydrogen-bond acceptors (Lipinski definition) is 4. The minimum atomic E-state index is -0.855. The normalized spacial score (nSPS) is 12.5. The van der Waals surface area contributed by atoms with Gasteiger partial charge in [0, 0.05) is 5.69 Å². The van der Waals surface area contributed by atoms with Gasteiger partial charge in [-0.2, -0.15) is 0 Å². The highest BCUT2D eigenvalue weighted by molar-refractivity contribution is 7.11. The molecule has 23 heavy (non-hydrogen) atoms. The van der Waals surface area contributed by atoms with E-state index in [0.717, 1.165) is 0 Å². The van der Waals surface area contributed by atoms with Gasteiger partial charge in [-0.3, -0.25) is 4.79 Å². The smallest absolute Gasteiger partial charge is 0.349 e. The average Bonchev–Trinajstić information content (AvgIpc) is 3.01. The first kappa shape index (κ1) is 17.2. The molecular formula is C18H21NO3S. The van der Waals surface area contributed by atoms with Crippen LogP contribution in [-0.4, -0.2) is 18.0 Å². The van der Waals surface area contributed by atoms with Crippen LogP contribution >= 0.6 is 11.3 Å². The van der Waals surface area contributed by atoms with Crippen LogP contribution in [-0.2, 0) is 14.9 Å². The van der Waals surface area contributed by atoms with Gasteiger partial charge in [-0.05, 0) is 41.5 Å². The van der Waals surface area contributed by atoms with E-state index in [-0.39, 0.29) is 11.3 Å². The zero-order chi connectivity index (χ0) is 17.0. The molecule has 1 heterocycles. The third kappa shape index (κ3) is 4.66. The number of amides is 1. The van der Waals surface area contributed by atoms with Crippen molar-refractivity contribution >= 4 is 28.9 Å². The van der Waals surface area contributed by atoms with Crippen molar-refractivity contribution in [3.05, 3.63) is 52.2 Å². The number of esters is 1. The zero-order valence-electron chi connectivity index (χ0n) is 13.8. The monoisotopic (exact) mass is 331 g/mol. The van der Waals surface area contributed by atoms with E-state index in [1.165, 1.54) is 16.9 Å². The SMILES string of the molecule is CC(OC(=O)c1cccs1)C(=O)Nc1ccc(C(C)(C)C)cc1. The molecule has 2 aromatic rings. The summed E-state index contributed by atoms with van der Waals surface area (Å²) < 4.78 is 5.17. The summed E-state index contributed by atoms with van der Waals surface area (Å²) in [7, 11) is 0. The fraction of sp³-hybridized carbons (Fsp3) is 0.333. The highest BCUT2D eigenvalue weighted by Gasteiger charge is 2.20. The highest BCUT2D eigenvalue weighted by Crippen LogP contribution is 2.23. The molecule has 0 saturated heterocycles. The Morgan fingerprint density at radius 3 is 2.30 bits per heavy atom. The topological polar surface area (TPSA) is 55.4 Å². The van der Waals surface area contributed by atoms with Crippen LogP contribution in [0.2, 0.25) is 0 Å². The average molecular weight is 331 g/mol. The van der Waals surface area contributed by atoms with E-state index >= 15 is 0 Å². The zero-order valence-corrected chi connectivity index (χ0v) is 14.6. The summed E-state index contributed by atoms with van der Waals surface area (Å²) in [5, 5.41) is 4.55. The van der Waals surface area contributed by atoms with Crippen molar-refractivity contribution in [3.8, 4) is 0 Å². The summed E-state index contributed by atoms with van der Waals surface area (Å²) in [6.45, 7) is 7.95. The number of ether oxygens (including phenoxy) is 1. The predicted molar refractivity (Wildman–Crippen MR) is 93.0 cm³/mol. The lowest BCUT2D eigenvalue weighted by Crippen LogP contribution is -2.29. The van der Waals surface area contributed by atoms with E-state index in [1.54, 1.807) is 24.4 Å². The third-order valence-electron chi connectivity index (χ3n) is 3.39. The van der Waals surface area contributed by atoms with Crippen molar-refractivity contribution in [2.45, 2.75) is 39.2 Å². The maximum atomic E-state index is 12.1. The van der Waals surface area contributed by atoms with Crippen molar-refractivity contribution < 1.29 is 14.3 Å². The Morgan fingerprint density at radius 1 is 1.13 bits per heavy atom. The molecule has 0 saturated carbocycles. The van der Waals surface area contributed by atoms with E-state index in [2.05, 4.69) is 26.1 Å². The minimum Gasteiger partial charge on any atom is -0.448 e. The van der Waals surface area contributed by atoms with Crippen LogP contribution in [0.5, 0.6) is 0 Å². The first-order valence-electron chi connectivity index (χ1n) is 7.43. The van der Waals surface area contributed by atoms with Gasteiger partial charge >= 0.3 is 5.97 Å². The summed E-state index contributed by atoms with van der Waals surface area (Å²) in [5.41, 5.74) is 1.93. The fourth-order valence-electron chi connectivity index (χ4n) is 1.96. The Hall–Kier alpha value is -2.14. The van der Waals surface area contributed by atoms with E-state index in [0.29, 0.717) is 10.6 Å². The number of nitrogens with one attached hydrogen (secondary N) is 1. The summed E-state index contributed by atoms with van der Waals surface area (Å²) in [6.07, 6.45) is -0.855. The molecule has 0 fully saturated rings. The van der Waals surface area contributed by atoms with Gasteiger partial charge in [0.05, 0.1) is 0 Å². The quantitative estimate of drug-likeness (QED) is 0.853. The minimum absolute atomic E-state index is 0.0616. The van der Waals surface area contributed by atoms with Gasteiger partial charge in [0.15, 0.2) is 6.10 Å². The summed E-state index contributed by atoms with van der Waals surface area (Å²) in [4.78, 5) is 24.4. The van der Waals surface area contributed by atoms with Crippen molar-refractivity contribution in [1.82, 2.24) is 0 Å². The van der Waals surface area contributed by atoms with Gasteiger partial charge in [-0.15, -0.1) is 11.3 Å². The Bertz CT molecular complexity index is 669. The van der Waals surface area contributed by atoms with Gasteiger partial charge < -0.3 is 10.1 Å². The first-order valence-corrected chi connectivity index (χ1v) is 8.31. The highest BCUT2D eigenvalue weighted by atomic mass is 32.1. The van der Waals surface area contributed by atoms with Gasteiger partial charge in [-0.1, -0.05) is 39.0 Å². The lowest BCUT2D eigenvalue weighted by atomic mass is 9.87. The second-order valence-corrected chi connectivity index (χ2v) is 7.29. The molecule has 1 aromatic carbocycles. The Morgan fingerprint density at radius 2 is 1.78 bits per heavy atom. The molecule has 0 aliphatic rings. The molecule has 5 heteroatoms. The van der Waals surface area contributed by atoms with Gasteiger partial charge in [0.25, 0.3) is 5.91 Å². The molecule has 0 aliphatic heterocycles. The maximum absolute atomic E-state index is 12.1. The van der Waals surface area contributed by atoms with Crippen LogP contribution in [0.15, 0.2) is 41.8 Å². The molecule has 0 aliphatic carbocycles. The van der Waals surface area contributed by atoms with E-state index in [4.69, 9.17) is 4.74 Å². The van der Waals surface area contributed by atoms with E-state index in [9.17, 15) is 9.59 Å². The number of hydrogen-bond donors (Lipinski definition) is 1. The van der Waals surface area contributed by atoms with Crippen molar-refractivity contribution in [2.24, 2.45) is 0 Å². The third-order valence-corrected chi connectivity index (χ3v) is 4.24.